The molecule has 1 aliphatic carbocycles. The Balaban J connectivity index is 1.78. The molecule has 0 aromatic carbocycles. The molecule has 0 saturated carbocycles. The first-order valence-electron chi connectivity index (χ1n) is 8.78. The number of rotatable bonds is 3. The van der Waals surface area contributed by atoms with Gasteiger partial charge in [-0.3, -0.25) is 4.98 Å². The third-order valence-corrected chi connectivity index (χ3v) is 5.22. The Morgan fingerprint density at radius 3 is 2.56 bits per heavy atom. The van der Waals surface area contributed by atoms with Crippen molar-refractivity contribution in [3.8, 4) is 28.5 Å². The van der Waals surface area contributed by atoms with Crippen molar-refractivity contribution in [3.63, 3.8) is 0 Å². The van der Waals surface area contributed by atoms with Crippen LogP contribution in [-0.4, -0.2) is 4.98 Å². The molecule has 3 heterocycles. The van der Waals surface area contributed by atoms with Crippen LogP contribution in [0.3, 0.4) is 0 Å². The maximum absolute atomic E-state index is 8.81. The molecule has 5 heteroatoms. The van der Waals surface area contributed by atoms with E-state index >= 15 is 0 Å². The van der Waals surface area contributed by atoms with Gasteiger partial charge in [-0.25, -0.2) is 11.4 Å². The fourth-order valence-corrected chi connectivity index (χ4v) is 3.71. The molecule has 0 radical (unpaired) electrons. The summed E-state index contributed by atoms with van der Waals surface area (Å²) in [6.45, 7) is 12.2. The van der Waals surface area contributed by atoms with Crippen LogP contribution in [0.4, 0.5) is 0 Å². The van der Waals surface area contributed by atoms with E-state index in [0.717, 1.165) is 22.4 Å². The molecule has 0 saturated heterocycles. The number of hydrogen-bond acceptors (Lipinski definition) is 2. The lowest BCUT2D eigenvalue weighted by molar-refractivity contribution is -0.688. The molecular weight excluding hydrogens is 334 g/mol. The van der Waals surface area contributed by atoms with Crippen LogP contribution in [0.5, 0.6) is 0 Å². The van der Waals surface area contributed by atoms with Gasteiger partial charge in [0.2, 0.25) is 6.54 Å². The van der Waals surface area contributed by atoms with Crippen LogP contribution < -0.4 is 9.13 Å². The van der Waals surface area contributed by atoms with E-state index in [-0.39, 0.29) is 5.41 Å². The average molecular weight is 353 g/mol. The van der Waals surface area contributed by atoms with Crippen LogP contribution in [0.25, 0.3) is 27.2 Å². The molecule has 0 N–H and O–H groups in total. The van der Waals surface area contributed by atoms with Gasteiger partial charge < -0.3 is 0 Å². The molecule has 4 rings (SSSR count). The molecule has 5 nitrogen and oxygen atoms in total. The molecule has 27 heavy (non-hydrogen) atoms. The van der Waals surface area contributed by atoms with E-state index < -0.39 is 0 Å². The molecule has 0 unspecified atom stereocenters. The maximum atomic E-state index is 8.81. The quantitative estimate of drug-likeness (QED) is 0.537. The first-order valence-corrected chi connectivity index (χ1v) is 8.78. The highest BCUT2D eigenvalue weighted by Gasteiger charge is 2.39. The lowest BCUT2D eigenvalue weighted by Crippen LogP contribution is -2.33. The van der Waals surface area contributed by atoms with Gasteiger partial charge in [0.25, 0.3) is 0 Å². The molecular formula is C22H19N5+2. The number of aromatic nitrogens is 3. The fourth-order valence-electron chi connectivity index (χ4n) is 3.71. The number of nitriles is 1. The molecule has 0 amide bonds. The standard InChI is InChI=1S/C22H19N5/c1-22(2)19-12-17(16-4-8-26(9-5-16)11-7-23)13-25-21(19)18-6-10-27(15-24-3)14-20(18)22/h4-6,8-10,12-14H,11,15H2,1-2H3/q+2. The van der Waals surface area contributed by atoms with Crippen LogP contribution in [-0.2, 0) is 18.6 Å². The number of hydrogen-bond donors (Lipinski definition) is 0. The van der Waals surface area contributed by atoms with Crippen molar-refractivity contribution in [2.75, 3.05) is 0 Å². The second kappa shape index (κ2) is 6.30. The summed E-state index contributed by atoms with van der Waals surface area (Å²) in [5.74, 6) is 0. The van der Waals surface area contributed by atoms with Gasteiger partial charge in [0, 0.05) is 46.5 Å². The van der Waals surface area contributed by atoms with E-state index in [1.165, 1.54) is 11.1 Å². The molecule has 0 spiro atoms. The first kappa shape index (κ1) is 16.9. The van der Waals surface area contributed by atoms with Crippen molar-refractivity contribution < 1.29 is 9.13 Å². The van der Waals surface area contributed by atoms with Crippen LogP contribution >= 0.6 is 0 Å². The second-order valence-corrected chi connectivity index (χ2v) is 7.25. The molecule has 130 valence electrons. The predicted octanol–water partition coefficient (Wildman–Crippen LogP) is 3.03. The van der Waals surface area contributed by atoms with Gasteiger partial charge in [0.1, 0.15) is 6.07 Å². The van der Waals surface area contributed by atoms with E-state index in [2.05, 4.69) is 43.1 Å². The molecule has 0 bridgehead atoms. The first-order chi connectivity index (χ1) is 13.0. The van der Waals surface area contributed by atoms with E-state index in [1.807, 2.05) is 46.1 Å². The van der Waals surface area contributed by atoms with Crippen molar-refractivity contribution in [3.05, 3.63) is 77.8 Å². The van der Waals surface area contributed by atoms with Crippen LogP contribution in [0, 0.1) is 17.9 Å². The van der Waals surface area contributed by atoms with E-state index in [4.69, 9.17) is 16.8 Å². The highest BCUT2D eigenvalue weighted by atomic mass is 15.0. The van der Waals surface area contributed by atoms with Gasteiger partial charge in [-0.05, 0) is 17.2 Å². The van der Waals surface area contributed by atoms with Crippen molar-refractivity contribution in [1.82, 2.24) is 4.98 Å². The molecule has 1 aliphatic rings. The fraction of sp³-hybridized carbons (Fsp3) is 0.227. The SMILES string of the molecule is [C-]#[N+]C[n+]1ccc2c(c1)C(C)(C)c1cc(-c3cc[n+](CC#N)cc3)cnc1-2. The summed E-state index contributed by atoms with van der Waals surface area (Å²) in [5, 5.41) is 8.81. The maximum Gasteiger partial charge on any atom is 0.406 e. The number of pyridine rings is 3. The molecule has 0 atom stereocenters. The van der Waals surface area contributed by atoms with Gasteiger partial charge in [0.05, 0.1) is 5.69 Å². The summed E-state index contributed by atoms with van der Waals surface area (Å²) in [7, 11) is 0. The van der Waals surface area contributed by atoms with Gasteiger partial charge >= 0.3 is 6.67 Å². The lowest BCUT2D eigenvalue weighted by atomic mass is 9.83. The Bertz CT molecular complexity index is 1110. The van der Waals surface area contributed by atoms with Crippen molar-refractivity contribution >= 4 is 0 Å². The normalized spacial score (nSPS) is 13.3. The minimum atomic E-state index is -0.172. The zero-order valence-electron chi connectivity index (χ0n) is 15.3. The predicted molar refractivity (Wildman–Crippen MR) is 99.8 cm³/mol. The van der Waals surface area contributed by atoms with E-state index in [1.54, 1.807) is 0 Å². The van der Waals surface area contributed by atoms with E-state index in [9.17, 15) is 0 Å². The minimum absolute atomic E-state index is 0.172. The number of nitrogens with zero attached hydrogens (tertiary/aromatic N) is 5. The van der Waals surface area contributed by atoms with Crippen molar-refractivity contribution in [1.29, 1.82) is 5.26 Å². The van der Waals surface area contributed by atoms with Crippen molar-refractivity contribution in [2.24, 2.45) is 0 Å². The molecule has 0 fully saturated rings. The molecule has 0 aliphatic heterocycles. The zero-order valence-corrected chi connectivity index (χ0v) is 15.3. The Kier molecular flexibility index (Phi) is 3.94. The highest BCUT2D eigenvalue weighted by Crippen LogP contribution is 2.47. The summed E-state index contributed by atoms with van der Waals surface area (Å²) in [6, 6.07) is 10.4. The van der Waals surface area contributed by atoms with Gasteiger partial charge in [-0.15, -0.1) is 4.57 Å². The van der Waals surface area contributed by atoms with Crippen LogP contribution in [0.2, 0.25) is 0 Å². The molecule has 3 aromatic rings. The van der Waals surface area contributed by atoms with E-state index in [0.29, 0.717) is 13.2 Å². The summed E-state index contributed by atoms with van der Waals surface area (Å²) in [5.41, 5.74) is 6.53. The minimum Gasteiger partial charge on any atom is -0.255 e. The Morgan fingerprint density at radius 1 is 1.11 bits per heavy atom. The third-order valence-electron chi connectivity index (χ3n) is 5.22. The van der Waals surface area contributed by atoms with Gasteiger partial charge in [-0.2, -0.15) is 9.83 Å². The average Bonchev–Trinajstić information content (AvgIpc) is 2.90. The summed E-state index contributed by atoms with van der Waals surface area (Å²) in [6.07, 6.45) is 9.76. The largest absolute Gasteiger partial charge is 0.406 e. The Labute approximate surface area is 158 Å². The second-order valence-electron chi connectivity index (χ2n) is 7.25. The van der Waals surface area contributed by atoms with Gasteiger partial charge in [0.15, 0.2) is 24.8 Å². The van der Waals surface area contributed by atoms with Gasteiger partial charge in [-0.1, -0.05) is 13.8 Å². The lowest BCUT2D eigenvalue weighted by Gasteiger charge is -2.20. The van der Waals surface area contributed by atoms with Crippen LogP contribution in [0.15, 0.2) is 55.2 Å². The van der Waals surface area contributed by atoms with Crippen molar-refractivity contribution in [2.45, 2.75) is 32.5 Å². The smallest absolute Gasteiger partial charge is 0.255 e. The molecule has 3 aromatic heterocycles. The topological polar surface area (TPSA) is 48.8 Å². The monoisotopic (exact) mass is 353 g/mol. The summed E-state index contributed by atoms with van der Waals surface area (Å²) >= 11 is 0. The Morgan fingerprint density at radius 2 is 1.85 bits per heavy atom. The third kappa shape index (κ3) is 2.74. The zero-order chi connectivity index (χ0) is 19.0. The van der Waals surface area contributed by atoms with Crippen LogP contribution in [0.1, 0.15) is 25.0 Å². The summed E-state index contributed by atoms with van der Waals surface area (Å²) < 4.78 is 3.77. The number of fused-ring (bicyclic) bond motifs is 3. The Hall–Kier alpha value is -3.57. The summed E-state index contributed by atoms with van der Waals surface area (Å²) in [4.78, 5) is 8.26. The highest BCUT2D eigenvalue weighted by molar-refractivity contribution is 5.79.